The SMILES string of the molecule is COc1cccc(CN(Cc2nc(C(=O)NCCN(C)C)co2)[C@@H](C)C(C)C)c1. The Morgan fingerprint density at radius 3 is 2.66 bits per heavy atom. The van der Waals surface area contributed by atoms with Gasteiger partial charge in [0.15, 0.2) is 5.69 Å². The van der Waals surface area contributed by atoms with Crippen LogP contribution in [0.3, 0.4) is 0 Å². The highest BCUT2D eigenvalue weighted by Crippen LogP contribution is 2.20. The molecular weight excluding hydrogens is 368 g/mol. The molecule has 2 aromatic rings. The lowest BCUT2D eigenvalue weighted by Crippen LogP contribution is -2.36. The number of benzene rings is 1. The first-order chi connectivity index (χ1) is 13.8. The number of ether oxygens (including phenoxy) is 1. The van der Waals surface area contributed by atoms with Crippen molar-refractivity contribution in [2.75, 3.05) is 34.3 Å². The number of methoxy groups -OCH3 is 1. The second-order valence-corrected chi connectivity index (χ2v) is 7.93. The van der Waals surface area contributed by atoms with Gasteiger partial charge < -0.3 is 19.4 Å². The normalized spacial score (nSPS) is 12.6. The van der Waals surface area contributed by atoms with Crippen molar-refractivity contribution in [2.45, 2.75) is 39.9 Å². The van der Waals surface area contributed by atoms with Crippen LogP contribution in [0.5, 0.6) is 5.75 Å². The third-order valence-corrected chi connectivity index (χ3v) is 5.03. The molecule has 160 valence electrons. The summed E-state index contributed by atoms with van der Waals surface area (Å²) in [4.78, 5) is 21.0. The average Bonchev–Trinajstić information content (AvgIpc) is 3.15. The number of carbonyl (C=O) groups excluding carboxylic acids is 1. The Morgan fingerprint density at radius 2 is 2.00 bits per heavy atom. The van der Waals surface area contributed by atoms with E-state index >= 15 is 0 Å². The molecule has 1 amide bonds. The van der Waals surface area contributed by atoms with Gasteiger partial charge in [0, 0.05) is 25.7 Å². The molecule has 0 aliphatic rings. The van der Waals surface area contributed by atoms with Crippen LogP contribution < -0.4 is 10.1 Å². The number of oxazole rings is 1. The molecule has 0 fully saturated rings. The van der Waals surface area contributed by atoms with Gasteiger partial charge in [0.25, 0.3) is 5.91 Å². The van der Waals surface area contributed by atoms with Crippen LogP contribution in [-0.4, -0.2) is 61.0 Å². The Bertz CT molecular complexity index is 773. The maximum atomic E-state index is 12.2. The van der Waals surface area contributed by atoms with Crippen LogP contribution in [0.4, 0.5) is 0 Å². The average molecular weight is 403 g/mol. The first-order valence-electron chi connectivity index (χ1n) is 10.0. The van der Waals surface area contributed by atoms with Gasteiger partial charge in [-0.15, -0.1) is 0 Å². The van der Waals surface area contributed by atoms with E-state index in [2.05, 4.69) is 42.0 Å². The Balaban J connectivity index is 2.07. The van der Waals surface area contributed by atoms with E-state index < -0.39 is 0 Å². The Morgan fingerprint density at radius 1 is 1.24 bits per heavy atom. The Hall–Kier alpha value is -2.38. The molecule has 0 aliphatic heterocycles. The highest BCUT2D eigenvalue weighted by Gasteiger charge is 2.21. The number of nitrogens with zero attached hydrogens (tertiary/aromatic N) is 3. The first kappa shape index (κ1) is 22.9. The molecule has 2 rings (SSSR count). The molecule has 29 heavy (non-hydrogen) atoms. The fourth-order valence-corrected chi connectivity index (χ4v) is 2.92. The van der Waals surface area contributed by atoms with Crippen molar-refractivity contribution in [2.24, 2.45) is 5.92 Å². The predicted molar refractivity (Wildman–Crippen MR) is 114 cm³/mol. The molecule has 1 N–H and O–H groups in total. The number of hydrogen-bond donors (Lipinski definition) is 1. The van der Waals surface area contributed by atoms with E-state index in [9.17, 15) is 4.79 Å². The van der Waals surface area contributed by atoms with E-state index in [1.807, 2.05) is 37.2 Å². The summed E-state index contributed by atoms with van der Waals surface area (Å²) >= 11 is 0. The number of carbonyl (C=O) groups is 1. The summed E-state index contributed by atoms with van der Waals surface area (Å²) in [7, 11) is 5.60. The highest BCUT2D eigenvalue weighted by atomic mass is 16.5. The van der Waals surface area contributed by atoms with Gasteiger partial charge in [-0.3, -0.25) is 9.69 Å². The largest absolute Gasteiger partial charge is 0.497 e. The van der Waals surface area contributed by atoms with Crippen LogP contribution in [0.2, 0.25) is 0 Å². The van der Waals surface area contributed by atoms with Crippen molar-refractivity contribution in [1.29, 1.82) is 0 Å². The van der Waals surface area contributed by atoms with E-state index in [-0.39, 0.29) is 5.91 Å². The molecular formula is C22H34N4O3. The zero-order valence-corrected chi connectivity index (χ0v) is 18.4. The van der Waals surface area contributed by atoms with Gasteiger partial charge in [-0.1, -0.05) is 26.0 Å². The van der Waals surface area contributed by atoms with Crippen LogP contribution in [0.25, 0.3) is 0 Å². The molecule has 0 saturated heterocycles. The minimum absolute atomic E-state index is 0.210. The monoisotopic (exact) mass is 402 g/mol. The van der Waals surface area contributed by atoms with Gasteiger partial charge in [-0.2, -0.15) is 0 Å². The van der Waals surface area contributed by atoms with E-state index in [1.165, 1.54) is 6.26 Å². The molecule has 7 nitrogen and oxygen atoms in total. The quantitative estimate of drug-likeness (QED) is 0.623. The number of nitrogens with one attached hydrogen (secondary N) is 1. The summed E-state index contributed by atoms with van der Waals surface area (Å²) in [6.07, 6.45) is 1.43. The summed E-state index contributed by atoms with van der Waals surface area (Å²) in [6, 6.07) is 8.37. The van der Waals surface area contributed by atoms with Crippen molar-refractivity contribution < 1.29 is 13.9 Å². The van der Waals surface area contributed by atoms with Gasteiger partial charge in [0.1, 0.15) is 12.0 Å². The van der Waals surface area contributed by atoms with Gasteiger partial charge in [0.05, 0.1) is 13.7 Å². The summed E-state index contributed by atoms with van der Waals surface area (Å²) in [6.45, 7) is 9.20. The summed E-state index contributed by atoms with van der Waals surface area (Å²) < 4.78 is 10.9. The fraction of sp³-hybridized carbons (Fsp3) is 0.545. The topological polar surface area (TPSA) is 70.8 Å². The van der Waals surface area contributed by atoms with E-state index in [1.54, 1.807) is 7.11 Å². The molecule has 1 aromatic heterocycles. The highest BCUT2D eigenvalue weighted by molar-refractivity contribution is 5.91. The zero-order chi connectivity index (χ0) is 21.4. The van der Waals surface area contributed by atoms with E-state index in [0.717, 1.165) is 24.4 Å². The summed E-state index contributed by atoms with van der Waals surface area (Å²) in [5.74, 6) is 1.63. The van der Waals surface area contributed by atoms with Gasteiger partial charge in [0.2, 0.25) is 5.89 Å². The third kappa shape index (κ3) is 7.18. The Kier molecular flexibility index (Phi) is 8.67. The molecule has 0 unspecified atom stereocenters. The lowest BCUT2D eigenvalue weighted by Gasteiger charge is -2.30. The van der Waals surface area contributed by atoms with Crippen LogP contribution in [0, 0.1) is 5.92 Å². The third-order valence-electron chi connectivity index (χ3n) is 5.03. The molecule has 1 heterocycles. The number of hydrogen-bond acceptors (Lipinski definition) is 6. The number of aromatic nitrogens is 1. The molecule has 0 spiro atoms. The minimum atomic E-state index is -0.210. The molecule has 7 heteroatoms. The number of likely N-dealkylation sites (N-methyl/N-ethyl adjacent to an activating group) is 1. The van der Waals surface area contributed by atoms with Crippen molar-refractivity contribution in [1.82, 2.24) is 20.1 Å². The molecule has 0 aliphatic carbocycles. The van der Waals surface area contributed by atoms with Gasteiger partial charge in [-0.05, 0) is 44.6 Å². The molecule has 1 atom stereocenters. The summed E-state index contributed by atoms with van der Waals surface area (Å²) in [5.41, 5.74) is 1.47. The smallest absolute Gasteiger partial charge is 0.273 e. The Labute approximate surface area is 174 Å². The number of amides is 1. The van der Waals surface area contributed by atoms with Crippen molar-refractivity contribution in [3.8, 4) is 5.75 Å². The van der Waals surface area contributed by atoms with Crippen molar-refractivity contribution >= 4 is 5.91 Å². The van der Waals surface area contributed by atoms with E-state index in [0.29, 0.717) is 36.6 Å². The molecule has 0 bridgehead atoms. The minimum Gasteiger partial charge on any atom is -0.497 e. The first-order valence-corrected chi connectivity index (χ1v) is 10.0. The molecule has 1 aromatic carbocycles. The lowest BCUT2D eigenvalue weighted by atomic mass is 10.0. The second-order valence-electron chi connectivity index (χ2n) is 7.93. The summed E-state index contributed by atoms with van der Waals surface area (Å²) in [5, 5.41) is 2.86. The second kappa shape index (κ2) is 11.0. The van der Waals surface area contributed by atoms with Crippen LogP contribution in [0.15, 0.2) is 34.9 Å². The van der Waals surface area contributed by atoms with E-state index in [4.69, 9.17) is 9.15 Å². The number of rotatable bonds is 11. The molecule has 0 radical (unpaired) electrons. The van der Waals surface area contributed by atoms with Crippen LogP contribution >= 0.6 is 0 Å². The van der Waals surface area contributed by atoms with Crippen LogP contribution in [-0.2, 0) is 13.1 Å². The van der Waals surface area contributed by atoms with Gasteiger partial charge in [-0.25, -0.2) is 4.98 Å². The zero-order valence-electron chi connectivity index (χ0n) is 18.4. The molecule has 0 saturated carbocycles. The van der Waals surface area contributed by atoms with Crippen molar-refractivity contribution in [3.05, 3.63) is 47.7 Å². The maximum Gasteiger partial charge on any atom is 0.273 e. The lowest BCUT2D eigenvalue weighted by molar-refractivity contribution is 0.0945. The van der Waals surface area contributed by atoms with Crippen molar-refractivity contribution in [3.63, 3.8) is 0 Å². The van der Waals surface area contributed by atoms with Crippen LogP contribution in [0.1, 0.15) is 42.7 Å². The fourth-order valence-electron chi connectivity index (χ4n) is 2.92. The van der Waals surface area contributed by atoms with Gasteiger partial charge >= 0.3 is 0 Å². The standard InChI is InChI=1S/C22H34N4O3/c1-16(2)17(3)26(13-18-8-7-9-19(12-18)28-6)14-21-24-20(15-29-21)22(27)23-10-11-25(4)5/h7-9,12,15-17H,10-11,13-14H2,1-6H3,(H,23,27)/t17-/m0/s1. The predicted octanol–water partition coefficient (Wildman–Crippen LogP) is 3.02. The maximum absolute atomic E-state index is 12.2.